The van der Waals surface area contributed by atoms with Crippen LogP contribution in [-0.2, 0) is 33.7 Å². The lowest BCUT2D eigenvalue weighted by Crippen LogP contribution is -2.38. The van der Waals surface area contributed by atoms with Crippen LogP contribution in [0.15, 0.2) is 48.5 Å². The van der Waals surface area contributed by atoms with Crippen molar-refractivity contribution in [2.75, 3.05) is 52.7 Å². The summed E-state index contributed by atoms with van der Waals surface area (Å²) in [6.45, 7) is 7.68. The maximum absolute atomic E-state index is 15.2. The van der Waals surface area contributed by atoms with Crippen molar-refractivity contribution in [3.05, 3.63) is 76.6 Å². The maximum atomic E-state index is 15.2. The Bertz CT molecular complexity index is 1420. The van der Waals surface area contributed by atoms with Crippen LogP contribution >= 0.6 is 0 Å². The van der Waals surface area contributed by atoms with Crippen LogP contribution in [-0.4, -0.2) is 63.5 Å². The predicted molar refractivity (Wildman–Crippen MR) is 157 cm³/mol. The lowest BCUT2D eigenvalue weighted by atomic mass is 9.94. The van der Waals surface area contributed by atoms with E-state index in [0.717, 1.165) is 80.1 Å². The Morgan fingerprint density at radius 3 is 2.60 bits per heavy atom. The topological polar surface area (TPSA) is 66.5 Å². The first kappa shape index (κ1) is 28.5. The monoisotopic (exact) mass is 575 g/mol. The fourth-order valence-electron chi connectivity index (χ4n) is 6.04. The van der Waals surface area contributed by atoms with Gasteiger partial charge in [0.05, 0.1) is 32.8 Å². The van der Waals surface area contributed by atoms with Gasteiger partial charge in [0.2, 0.25) is 0 Å². The predicted octanol–water partition coefficient (Wildman–Crippen LogP) is 5.70. The molecule has 3 aromatic carbocycles. The second-order valence-electron chi connectivity index (χ2n) is 11.1. The summed E-state index contributed by atoms with van der Waals surface area (Å²) < 4.78 is 43.7. The number of hydrogen-bond donors (Lipinski definition) is 0. The van der Waals surface area contributed by atoms with E-state index in [1.54, 1.807) is 13.0 Å². The standard InChI is InChI=1S/C34H38FNO6/c1-2-39-34(37)19-25-21-42-33-20-28(7-9-30(25)33)41-22-26-17-31-24(18-32(26)35)5-3-4-23-16-27(6-8-29(23)31)40-15-12-36-10-13-38-14-11-36/h6-9,16-18,20,25H,2-5,10-15,19,21-22H2,1H3/t25-/m1/s1. The number of carbonyl (C=O) groups excluding carboxylic acids is 1. The molecule has 0 radical (unpaired) electrons. The number of aryl methyl sites for hydroxylation is 2. The van der Waals surface area contributed by atoms with Crippen molar-refractivity contribution in [1.29, 1.82) is 0 Å². The van der Waals surface area contributed by atoms with Crippen LogP contribution in [0.4, 0.5) is 4.39 Å². The van der Waals surface area contributed by atoms with Crippen LogP contribution in [0.3, 0.4) is 0 Å². The van der Waals surface area contributed by atoms with Crippen molar-refractivity contribution in [2.45, 2.75) is 45.1 Å². The lowest BCUT2D eigenvalue weighted by molar-refractivity contribution is -0.143. The Kier molecular flexibility index (Phi) is 8.91. The highest BCUT2D eigenvalue weighted by molar-refractivity contribution is 5.73. The molecule has 0 N–H and O–H groups in total. The summed E-state index contributed by atoms with van der Waals surface area (Å²) in [6.07, 6.45) is 2.98. The van der Waals surface area contributed by atoms with E-state index in [1.165, 1.54) is 5.56 Å². The summed E-state index contributed by atoms with van der Waals surface area (Å²) in [5, 5.41) is 0. The van der Waals surface area contributed by atoms with Crippen LogP contribution < -0.4 is 14.2 Å². The van der Waals surface area contributed by atoms with Gasteiger partial charge in [-0.25, -0.2) is 4.39 Å². The molecule has 8 heteroatoms. The zero-order valence-corrected chi connectivity index (χ0v) is 24.2. The highest BCUT2D eigenvalue weighted by atomic mass is 19.1. The second kappa shape index (κ2) is 13.1. The van der Waals surface area contributed by atoms with Gasteiger partial charge >= 0.3 is 5.97 Å². The molecule has 42 heavy (non-hydrogen) atoms. The molecule has 1 fully saturated rings. The second-order valence-corrected chi connectivity index (χ2v) is 11.1. The molecule has 7 nitrogen and oxygen atoms in total. The van der Waals surface area contributed by atoms with Crippen molar-refractivity contribution in [1.82, 2.24) is 4.90 Å². The van der Waals surface area contributed by atoms with Crippen molar-refractivity contribution in [3.8, 4) is 28.4 Å². The number of nitrogens with zero attached hydrogens (tertiary/aromatic N) is 1. The molecule has 1 atom stereocenters. The van der Waals surface area contributed by atoms with Gasteiger partial charge in [-0.05, 0) is 78.8 Å². The number of ether oxygens (including phenoxy) is 5. The third-order valence-corrected chi connectivity index (χ3v) is 8.29. The van der Waals surface area contributed by atoms with Gasteiger partial charge in [-0.2, -0.15) is 0 Å². The fourth-order valence-corrected chi connectivity index (χ4v) is 6.04. The minimum Gasteiger partial charge on any atom is -0.492 e. The van der Waals surface area contributed by atoms with Crippen LogP contribution in [0.25, 0.3) is 11.1 Å². The highest BCUT2D eigenvalue weighted by Gasteiger charge is 2.27. The fraction of sp³-hybridized carbons (Fsp3) is 0.441. The molecular weight excluding hydrogens is 537 g/mol. The molecule has 3 aliphatic rings. The Balaban J connectivity index is 1.13. The Morgan fingerprint density at radius 1 is 0.976 bits per heavy atom. The van der Waals surface area contributed by atoms with Crippen molar-refractivity contribution in [3.63, 3.8) is 0 Å². The molecule has 3 aromatic rings. The smallest absolute Gasteiger partial charge is 0.306 e. The number of rotatable bonds is 10. The number of hydrogen-bond acceptors (Lipinski definition) is 7. The molecular formula is C34H38FNO6. The van der Waals surface area contributed by atoms with Crippen molar-refractivity contribution in [2.24, 2.45) is 0 Å². The minimum atomic E-state index is -0.257. The van der Waals surface area contributed by atoms with Gasteiger partial charge in [0.25, 0.3) is 0 Å². The van der Waals surface area contributed by atoms with Crippen LogP contribution in [0.1, 0.15) is 47.9 Å². The number of fused-ring (bicyclic) bond motifs is 4. The minimum absolute atomic E-state index is 0.0362. The maximum Gasteiger partial charge on any atom is 0.306 e. The Labute approximate surface area is 246 Å². The summed E-state index contributed by atoms with van der Waals surface area (Å²) in [5.41, 5.74) is 5.91. The third-order valence-electron chi connectivity index (χ3n) is 8.29. The van der Waals surface area contributed by atoms with Gasteiger partial charge in [-0.3, -0.25) is 9.69 Å². The van der Waals surface area contributed by atoms with E-state index >= 15 is 4.39 Å². The molecule has 2 heterocycles. The van der Waals surface area contributed by atoms with Gasteiger partial charge in [0.15, 0.2) is 0 Å². The molecule has 0 bridgehead atoms. The van der Waals surface area contributed by atoms with E-state index in [-0.39, 0.29) is 30.7 Å². The van der Waals surface area contributed by atoms with Crippen LogP contribution in [0.5, 0.6) is 17.2 Å². The van der Waals surface area contributed by atoms with Gasteiger partial charge in [-0.15, -0.1) is 0 Å². The number of esters is 1. The molecule has 1 aliphatic carbocycles. The van der Waals surface area contributed by atoms with Gasteiger partial charge in [-0.1, -0.05) is 12.1 Å². The zero-order chi connectivity index (χ0) is 28.9. The molecule has 0 spiro atoms. The van der Waals surface area contributed by atoms with Gasteiger partial charge in [0.1, 0.15) is 36.3 Å². The molecule has 1 saturated heterocycles. The molecule has 2 aliphatic heterocycles. The number of halogens is 1. The third kappa shape index (κ3) is 6.55. The first-order chi connectivity index (χ1) is 20.6. The number of morpholine rings is 1. The average molecular weight is 576 g/mol. The SMILES string of the molecule is CCOC(=O)C[C@@H]1COc2cc(OCc3cc4c(cc3F)CCCc3cc(OCCN5CCOCC5)ccc3-4)ccc21. The average Bonchev–Trinajstić information content (AvgIpc) is 3.30. The van der Waals surface area contributed by atoms with Crippen molar-refractivity contribution < 1.29 is 32.9 Å². The highest BCUT2D eigenvalue weighted by Crippen LogP contribution is 2.39. The summed E-state index contributed by atoms with van der Waals surface area (Å²) >= 11 is 0. The largest absolute Gasteiger partial charge is 0.492 e. The normalized spacial score (nSPS) is 17.8. The Hall–Kier alpha value is -3.62. The van der Waals surface area contributed by atoms with E-state index in [0.29, 0.717) is 36.9 Å². The number of benzene rings is 3. The molecule has 0 unspecified atom stereocenters. The van der Waals surface area contributed by atoms with Crippen molar-refractivity contribution >= 4 is 5.97 Å². The number of carbonyl (C=O) groups is 1. The summed E-state index contributed by atoms with van der Waals surface area (Å²) in [4.78, 5) is 14.3. The molecule has 6 rings (SSSR count). The van der Waals surface area contributed by atoms with E-state index < -0.39 is 0 Å². The van der Waals surface area contributed by atoms with E-state index in [9.17, 15) is 4.79 Å². The first-order valence-electron chi connectivity index (χ1n) is 15.0. The summed E-state index contributed by atoms with van der Waals surface area (Å²) in [6, 6.07) is 15.5. The molecule has 222 valence electrons. The van der Waals surface area contributed by atoms with Gasteiger partial charge < -0.3 is 23.7 Å². The summed E-state index contributed by atoms with van der Waals surface area (Å²) in [5.74, 6) is 1.64. The summed E-state index contributed by atoms with van der Waals surface area (Å²) in [7, 11) is 0. The van der Waals surface area contributed by atoms with Crippen LogP contribution in [0.2, 0.25) is 0 Å². The van der Waals surface area contributed by atoms with E-state index in [2.05, 4.69) is 17.0 Å². The Morgan fingerprint density at radius 2 is 1.76 bits per heavy atom. The van der Waals surface area contributed by atoms with Crippen LogP contribution in [0, 0.1) is 5.82 Å². The van der Waals surface area contributed by atoms with E-state index in [4.69, 9.17) is 23.7 Å². The zero-order valence-electron chi connectivity index (χ0n) is 24.2. The molecule has 0 amide bonds. The molecule has 0 aromatic heterocycles. The van der Waals surface area contributed by atoms with Gasteiger partial charge in [0, 0.05) is 42.7 Å². The lowest BCUT2D eigenvalue weighted by Gasteiger charge is -2.26. The van der Waals surface area contributed by atoms with E-state index in [1.807, 2.05) is 30.3 Å². The quantitative estimate of drug-likeness (QED) is 0.287. The first-order valence-corrected chi connectivity index (χ1v) is 15.0. The molecule has 0 saturated carbocycles.